The second-order valence-electron chi connectivity index (χ2n) is 10.3. The van der Waals surface area contributed by atoms with Gasteiger partial charge in [0.2, 0.25) is 0 Å². The van der Waals surface area contributed by atoms with E-state index in [4.69, 9.17) is 9.47 Å². The van der Waals surface area contributed by atoms with Crippen LogP contribution in [0.4, 0.5) is 0 Å². The normalized spacial score (nSPS) is 54.8. The van der Waals surface area contributed by atoms with Gasteiger partial charge in [-0.3, -0.25) is 9.59 Å². The van der Waals surface area contributed by atoms with Crippen LogP contribution in [0.3, 0.4) is 0 Å². The third kappa shape index (κ3) is 1.98. The van der Waals surface area contributed by atoms with E-state index in [-0.39, 0.29) is 41.2 Å². The van der Waals surface area contributed by atoms with E-state index < -0.39 is 29.5 Å². The van der Waals surface area contributed by atoms with Gasteiger partial charge in [0, 0.05) is 31.8 Å². The molecule has 5 aliphatic rings. The number of rotatable bonds is 3. The summed E-state index contributed by atoms with van der Waals surface area (Å²) in [5.74, 6) is 0.341. The van der Waals surface area contributed by atoms with Crippen molar-refractivity contribution in [1.29, 1.82) is 0 Å². The number of carbonyl (C=O) groups excluding carboxylic acids is 2. The summed E-state index contributed by atoms with van der Waals surface area (Å²) in [5, 5.41) is 21.2. The van der Waals surface area contributed by atoms with E-state index in [1.54, 1.807) is 7.11 Å². The third-order valence-corrected chi connectivity index (χ3v) is 9.72. The van der Waals surface area contributed by atoms with Gasteiger partial charge in [-0.1, -0.05) is 6.92 Å². The fraction of sp³-hybridized carbons (Fsp3) is 0.909. The van der Waals surface area contributed by atoms with E-state index >= 15 is 0 Å². The first-order valence-electron chi connectivity index (χ1n) is 10.9. The van der Waals surface area contributed by atoms with Gasteiger partial charge in [0.05, 0.1) is 16.6 Å². The number of hydrogen-bond acceptors (Lipinski definition) is 6. The maximum absolute atomic E-state index is 12.5. The van der Waals surface area contributed by atoms with Gasteiger partial charge in [0.15, 0.2) is 12.1 Å². The Kier molecular flexibility index (Phi) is 4.02. The number of ether oxygens (including phenoxy) is 2. The molecule has 8 atom stereocenters. The Labute approximate surface area is 166 Å². The van der Waals surface area contributed by atoms with Crippen LogP contribution >= 0.6 is 0 Å². The quantitative estimate of drug-likeness (QED) is 0.763. The van der Waals surface area contributed by atoms with Gasteiger partial charge in [-0.15, -0.1) is 0 Å². The predicted octanol–water partition coefficient (Wildman–Crippen LogP) is 2.00. The molecule has 4 saturated carbocycles. The van der Waals surface area contributed by atoms with Gasteiger partial charge >= 0.3 is 0 Å². The highest BCUT2D eigenvalue weighted by atomic mass is 16.7. The molecule has 6 nitrogen and oxygen atoms in total. The number of aliphatic hydroxyl groups excluding tert-OH is 1. The van der Waals surface area contributed by atoms with Crippen LogP contribution in [-0.2, 0) is 19.1 Å². The monoisotopic (exact) mass is 392 g/mol. The number of ketones is 2. The molecule has 1 saturated heterocycles. The van der Waals surface area contributed by atoms with Crippen LogP contribution < -0.4 is 0 Å². The first kappa shape index (κ1) is 19.2. The summed E-state index contributed by atoms with van der Waals surface area (Å²) in [7, 11) is 1.64. The van der Waals surface area contributed by atoms with Crippen molar-refractivity contribution in [1.82, 2.24) is 0 Å². The Morgan fingerprint density at radius 3 is 2.68 bits per heavy atom. The minimum absolute atomic E-state index is 0.0496. The topological polar surface area (TPSA) is 93.1 Å². The SMILES string of the molecule is COC1OC23CCC4(O)CC(=O)CCC14C2CCC1(C)C(C(=O)CO)CCC13. The summed E-state index contributed by atoms with van der Waals surface area (Å²) >= 11 is 0. The number of fused-ring (bicyclic) bond motifs is 1. The summed E-state index contributed by atoms with van der Waals surface area (Å²) < 4.78 is 12.6. The van der Waals surface area contributed by atoms with E-state index in [0.717, 1.165) is 25.7 Å². The highest BCUT2D eigenvalue weighted by molar-refractivity contribution is 5.83. The summed E-state index contributed by atoms with van der Waals surface area (Å²) in [6, 6.07) is 0. The summed E-state index contributed by atoms with van der Waals surface area (Å²) in [6.45, 7) is 1.81. The Balaban J connectivity index is 1.60. The van der Waals surface area contributed by atoms with Crippen LogP contribution in [0.15, 0.2) is 0 Å². The van der Waals surface area contributed by atoms with Crippen LogP contribution in [0, 0.1) is 28.6 Å². The van der Waals surface area contributed by atoms with Crippen LogP contribution in [0.1, 0.15) is 64.7 Å². The second-order valence-corrected chi connectivity index (χ2v) is 10.3. The number of aliphatic hydroxyl groups is 2. The minimum Gasteiger partial charge on any atom is -0.389 e. The smallest absolute Gasteiger partial charge is 0.166 e. The van der Waals surface area contributed by atoms with Crippen molar-refractivity contribution < 1.29 is 29.3 Å². The molecule has 0 amide bonds. The van der Waals surface area contributed by atoms with E-state index in [0.29, 0.717) is 25.7 Å². The second kappa shape index (κ2) is 5.87. The Bertz CT molecular complexity index is 722. The van der Waals surface area contributed by atoms with E-state index in [1.165, 1.54) is 0 Å². The Hall–Kier alpha value is -0.820. The number of Topliss-reactive ketones (excluding diaryl/α,β-unsaturated/α-hetero) is 2. The molecule has 8 unspecified atom stereocenters. The molecule has 1 heterocycles. The standard InChI is InChI=1S/C22H32O6/c1-19-7-6-17-21-8-5-13(24)11-20(21,26)9-10-22(17,28-18(21)27-2)16(19)4-3-14(19)15(25)12-23/h14,16-18,23,26H,3-12H2,1-2H3. The van der Waals surface area contributed by atoms with Crippen LogP contribution in [-0.4, -0.2) is 53.0 Å². The van der Waals surface area contributed by atoms with Gasteiger partial charge in [0.1, 0.15) is 12.4 Å². The zero-order chi connectivity index (χ0) is 19.9. The molecule has 2 N–H and O–H groups in total. The van der Waals surface area contributed by atoms with Crippen molar-refractivity contribution in [2.45, 2.75) is 82.2 Å². The Morgan fingerprint density at radius 1 is 1.18 bits per heavy atom. The summed E-state index contributed by atoms with van der Waals surface area (Å²) in [6.07, 6.45) is 5.54. The summed E-state index contributed by atoms with van der Waals surface area (Å²) in [4.78, 5) is 24.7. The van der Waals surface area contributed by atoms with Crippen molar-refractivity contribution in [3.63, 3.8) is 0 Å². The maximum Gasteiger partial charge on any atom is 0.166 e. The molecule has 0 radical (unpaired) electrons. The van der Waals surface area contributed by atoms with E-state index in [9.17, 15) is 19.8 Å². The predicted molar refractivity (Wildman–Crippen MR) is 99.2 cm³/mol. The molecule has 0 aromatic carbocycles. The van der Waals surface area contributed by atoms with Crippen molar-refractivity contribution in [2.75, 3.05) is 13.7 Å². The van der Waals surface area contributed by atoms with Crippen molar-refractivity contribution in [3.05, 3.63) is 0 Å². The molecule has 0 aromatic heterocycles. The molecule has 4 aliphatic carbocycles. The van der Waals surface area contributed by atoms with Crippen molar-refractivity contribution in [2.24, 2.45) is 28.6 Å². The number of hydrogen-bond donors (Lipinski definition) is 2. The van der Waals surface area contributed by atoms with Crippen LogP contribution in [0.25, 0.3) is 0 Å². The average Bonchev–Trinajstić information content (AvgIpc) is 3.13. The van der Waals surface area contributed by atoms with Gasteiger partial charge in [-0.25, -0.2) is 0 Å². The lowest BCUT2D eigenvalue weighted by molar-refractivity contribution is -0.225. The fourth-order valence-corrected chi connectivity index (χ4v) is 8.68. The molecule has 5 rings (SSSR count). The van der Waals surface area contributed by atoms with Crippen molar-refractivity contribution >= 4 is 11.6 Å². The Morgan fingerprint density at radius 2 is 1.96 bits per heavy atom. The highest BCUT2D eigenvalue weighted by Gasteiger charge is 2.79. The van der Waals surface area contributed by atoms with Gasteiger partial charge in [-0.05, 0) is 56.3 Å². The van der Waals surface area contributed by atoms with Gasteiger partial charge < -0.3 is 19.7 Å². The zero-order valence-electron chi connectivity index (χ0n) is 16.9. The van der Waals surface area contributed by atoms with Gasteiger partial charge in [0.25, 0.3) is 0 Å². The molecule has 156 valence electrons. The largest absolute Gasteiger partial charge is 0.389 e. The molecule has 2 bridgehead atoms. The number of carbonyl (C=O) groups is 2. The van der Waals surface area contributed by atoms with E-state index in [1.807, 2.05) is 0 Å². The first-order valence-corrected chi connectivity index (χ1v) is 10.9. The van der Waals surface area contributed by atoms with E-state index in [2.05, 4.69) is 6.92 Å². The maximum atomic E-state index is 12.5. The molecule has 28 heavy (non-hydrogen) atoms. The molecule has 6 heteroatoms. The minimum atomic E-state index is -1.06. The number of methoxy groups -OCH3 is 1. The highest BCUT2D eigenvalue weighted by Crippen LogP contribution is 2.75. The lowest BCUT2D eigenvalue weighted by Gasteiger charge is -2.62. The molecule has 1 spiro atoms. The lowest BCUT2D eigenvalue weighted by atomic mass is 9.42. The lowest BCUT2D eigenvalue weighted by Crippen LogP contribution is -2.67. The fourth-order valence-electron chi connectivity index (χ4n) is 8.68. The van der Waals surface area contributed by atoms with Gasteiger partial charge in [-0.2, -0.15) is 0 Å². The molecule has 0 aromatic rings. The molecular weight excluding hydrogens is 360 g/mol. The first-order chi connectivity index (χ1) is 13.3. The van der Waals surface area contributed by atoms with Crippen LogP contribution in [0.2, 0.25) is 0 Å². The molecule has 1 aliphatic heterocycles. The molecule has 5 fully saturated rings. The zero-order valence-corrected chi connectivity index (χ0v) is 16.9. The molecular formula is C22H32O6. The summed E-state index contributed by atoms with van der Waals surface area (Å²) in [5.41, 5.74) is -2.17. The van der Waals surface area contributed by atoms with Crippen LogP contribution in [0.5, 0.6) is 0 Å². The third-order valence-electron chi connectivity index (χ3n) is 9.72. The average molecular weight is 392 g/mol. The van der Waals surface area contributed by atoms with Crippen molar-refractivity contribution in [3.8, 4) is 0 Å².